The summed E-state index contributed by atoms with van der Waals surface area (Å²) in [5, 5.41) is 0. The molecule has 1 heterocycles. The zero-order valence-electron chi connectivity index (χ0n) is 30.9. The van der Waals surface area contributed by atoms with Gasteiger partial charge in [0.15, 0.2) is 0 Å². The fraction of sp³-hybridized carbons (Fsp3) is 0.151. The largest absolute Gasteiger partial charge is 0.280 e. The van der Waals surface area contributed by atoms with E-state index in [1.807, 2.05) is 0 Å². The molecule has 1 nitrogen and oxygen atoms in total. The minimum absolute atomic E-state index is 0.00219. The molecule has 1 aliphatic heterocycles. The van der Waals surface area contributed by atoms with Gasteiger partial charge in [-0.3, -0.25) is 4.99 Å². The molecule has 1 heteroatoms. The Morgan fingerprint density at radius 2 is 0.963 bits per heavy atom. The predicted octanol–water partition coefficient (Wildman–Crippen LogP) is 13.6. The van der Waals surface area contributed by atoms with Crippen LogP contribution in [0, 0.1) is 11.8 Å². The number of fused-ring (bicyclic) bond motifs is 4. The molecule has 2 aliphatic carbocycles. The van der Waals surface area contributed by atoms with Gasteiger partial charge in [0.05, 0.1) is 6.04 Å². The van der Waals surface area contributed by atoms with Crippen LogP contribution in [0.25, 0.3) is 50.1 Å². The summed E-state index contributed by atoms with van der Waals surface area (Å²) in [4.78, 5) is 5.60. The molecular weight excluding hydrogens is 651 g/mol. The topological polar surface area (TPSA) is 12.4 Å². The third kappa shape index (κ3) is 5.76. The van der Waals surface area contributed by atoms with Crippen LogP contribution < -0.4 is 0 Å². The monoisotopic (exact) mass is 693 g/mol. The fourth-order valence-corrected chi connectivity index (χ4v) is 9.17. The van der Waals surface area contributed by atoms with Gasteiger partial charge in [0.1, 0.15) is 0 Å². The van der Waals surface area contributed by atoms with Crippen LogP contribution in [0.5, 0.6) is 0 Å². The van der Waals surface area contributed by atoms with Crippen LogP contribution in [0.1, 0.15) is 60.5 Å². The number of allylic oxidation sites excluding steroid dienone is 2. The van der Waals surface area contributed by atoms with Crippen molar-refractivity contribution in [1.82, 2.24) is 0 Å². The van der Waals surface area contributed by atoms with Gasteiger partial charge in [-0.05, 0) is 102 Å². The second-order valence-electron chi connectivity index (χ2n) is 15.8. The Hall–Kier alpha value is -6.05. The molecule has 0 radical (unpaired) electrons. The van der Waals surface area contributed by atoms with Crippen LogP contribution >= 0.6 is 0 Å². The van der Waals surface area contributed by atoms with E-state index in [1.54, 1.807) is 0 Å². The first-order valence-electron chi connectivity index (χ1n) is 19.4. The van der Waals surface area contributed by atoms with E-state index in [0.29, 0.717) is 11.8 Å². The lowest BCUT2D eigenvalue weighted by Gasteiger charge is -2.22. The number of benzene rings is 7. The van der Waals surface area contributed by atoms with Crippen molar-refractivity contribution in [3.63, 3.8) is 0 Å². The highest BCUT2D eigenvalue weighted by Gasteiger charge is 2.46. The third-order valence-electron chi connectivity index (χ3n) is 12.3. The normalized spacial score (nSPS) is 20.3. The van der Waals surface area contributed by atoms with Crippen molar-refractivity contribution in [2.45, 2.75) is 38.1 Å². The van der Waals surface area contributed by atoms with Crippen LogP contribution in [0.3, 0.4) is 0 Å². The second kappa shape index (κ2) is 13.1. The van der Waals surface area contributed by atoms with E-state index in [4.69, 9.17) is 4.99 Å². The predicted molar refractivity (Wildman–Crippen MR) is 227 cm³/mol. The summed E-state index contributed by atoms with van der Waals surface area (Å²) in [6, 6.07) is 65.0. The average molecular weight is 694 g/mol. The summed E-state index contributed by atoms with van der Waals surface area (Å²) in [7, 11) is 0. The van der Waals surface area contributed by atoms with Crippen molar-refractivity contribution < 1.29 is 0 Å². The van der Waals surface area contributed by atoms with Gasteiger partial charge in [-0.15, -0.1) is 0 Å². The van der Waals surface area contributed by atoms with Gasteiger partial charge in [-0.25, -0.2) is 0 Å². The Balaban J connectivity index is 0.937. The molecule has 3 unspecified atom stereocenters. The maximum absolute atomic E-state index is 5.60. The highest BCUT2D eigenvalue weighted by Crippen LogP contribution is 2.57. The number of aliphatic imine (C=N–C) groups is 1. The van der Waals surface area contributed by atoms with E-state index >= 15 is 0 Å². The number of hydrogen-bond acceptors (Lipinski definition) is 1. The van der Waals surface area contributed by atoms with E-state index in [0.717, 1.165) is 12.1 Å². The standard InChI is InChI=1S/C53H43N/c1-53(2)49-16-10-9-15-45(49)46-30-29-43(33-50(46)53)39-19-17-37(18-20-39)38-23-27-42(28-24-38)52-48-34-47(48)44(40-13-7-4-8-14-40)31-32-51(54-52)41-25-21-36(22-26-41)35-11-5-3-6-12-35/h3-31,33,47-48,52H,32,34H2,1-2H3/b44-31-,54-51?. The highest BCUT2D eigenvalue weighted by molar-refractivity contribution is 6.03. The highest BCUT2D eigenvalue weighted by atomic mass is 14.8. The molecule has 0 spiro atoms. The van der Waals surface area contributed by atoms with E-state index in [-0.39, 0.29) is 11.5 Å². The molecule has 0 saturated heterocycles. The van der Waals surface area contributed by atoms with Gasteiger partial charge in [-0.2, -0.15) is 0 Å². The molecule has 3 aliphatic rings. The summed E-state index contributed by atoms with van der Waals surface area (Å²) in [5.74, 6) is 1.03. The molecule has 1 fully saturated rings. The van der Waals surface area contributed by atoms with Crippen molar-refractivity contribution in [2.75, 3.05) is 0 Å². The first kappa shape index (κ1) is 32.6. The van der Waals surface area contributed by atoms with Crippen LogP contribution in [-0.4, -0.2) is 5.71 Å². The van der Waals surface area contributed by atoms with E-state index < -0.39 is 0 Å². The first-order chi connectivity index (χ1) is 26.5. The molecule has 7 aromatic rings. The van der Waals surface area contributed by atoms with Crippen LogP contribution in [0.15, 0.2) is 187 Å². The fourth-order valence-electron chi connectivity index (χ4n) is 9.17. The molecule has 3 atom stereocenters. The second-order valence-corrected chi connectivity index (χ2v) is 15.8. The van der Waals surface area contributed by atoms with Crippen LogP contribution in [-0.2, 0) is 5.41 Å². The number of rotatable bonds is 6. The van der Waals surface area contributed by atoms with Crippen LogP contribution in [0.4, 0.5) is 0 Å². The Bertz CT molecular complexity index is 2540. The maximum Gasteiger partial charge on any atom is 0.0786 e. The molecular formula is C53H43N. The molecule has 54 heavy (non-hydrogen) atoms. The Kier molecular flexibility index (Phi) is 7.91. The molecule has 0 aromatic heterocycles. The van der Waals surface area contributed by atoms with Gasteiger partial charge in [-0.1, -0.05) is 190 Å². The van der Waals surface area contributed by atoms with Crippen molar-refractivity contribution in [1.29, 1.82) is 0 Å². The summed E-state index contributed by atoms with van der Waals surface area (Å²) in [6.07, 6.45) is 4.45. The third-order valence-corrected chi connectivity index (χ3v) is 12.3. The van der Waals surface area contributed by atoms with Gasteiger partial charge >= 0.3 is 0 Å². The van der Waals surface area contributed by atoms with Crippen molar-refractivity contribution >= 4 is 11.3 Å². The van der Waals surface area contributed by atoms with Crippen LogP contribution in [0.2, 0.25) is 0 Å². The summed E-state index contributed by atoms with van der Waals surface area (Å²) >= 11 is 0. The number of nitrogens with zero attached hydrogens (tertiary/aromatic N) is 1. The van der Waals surface area contributed by atoms with Gasteiger partial charge in [0.25, 0.3) is 0 Å². The van der Waals surface area contributed by atoms with Crippen molar-refractivity contribution in [2.24, 2.45) is 16.8 Å². The molecule has 0 amide bonds. The lowest BCUT2D eigenvalue weighted by molar-refractivity contribution is 0.612. The summed E-state index contributed by atoms with van der Waals surface area (Å²) in [6.45, 7) is 4.70. The minimum atomic E-state index is -0.00219. The smallest absolute Gasteiger partial charge is 0.0786 e. The van der Waals surface area contributed by atoms with E-state index in [9.17, 15) is 0 Å². The maximum atomic E-state index is 5.60. The number of hydrogen-bond donors (Lipinski definition) is 0. The zero-order valence-corrected chi connectivity index (χ0v) is 30.9. The van der Waals surface area contributed by atoms with Gasteiger partial charge < -0.3 is 0 Å². The SMILES string of the molecule is CC1(C)c2ccccc2-c2ccc(-c3ccc(-c4ccc(C5N=C(c6ccc(-c7ccccc7)cc6)C/C=C(/c6ccccc6)C6CC65)cc4)cc3)cc21. The summed E-state index contributed by atoms with van der Waals surface area (Å²) in [5.41, 5.74) is 19.5. The minimum Gasteiger partial charge on any atom is -0.280 e. The van der Waals surface area contributed by atoms with Crippen molar-refractivity contribution in [3.8, 4) is 44.5 Å². The van der Waals surface area contributed by atoms with Gasteiger partial charge in [0.2, 0.25) is 0 Å². The Labute approximate surface area is 319 Å². The van der Waals surface area contributed by atoms with Crippen molar-refractivity contribution in [3.05, 3.63) is 210 Å². The molecule has 260 valence electrons. The lowest BCUT2D eigenvalue weighted by atomic mass is 9.81. The molecule has 0 N–H and O–H groups in total. The molecule has 0 bridgehead atoms. The average Bonchev–Trinajstić information content (AvgIpc) is 3.97. The first-order valence-corrected chi connectivity index (χ1v) is 19.4. The lowest BCUT2D eigenvalue weighted by Crippen LogP contribution is -2.14. The van der Waals surface area contributed by atoms with Gasteiger partial charge in [0, 0.05) is 17.5 Å². The molecule has 1 saturated carbocycles. The van der Waals surface area contributed by atoms with E-state index in [1.165, 1.54) is 84.3 Å². The zero-order chi connectivity index (χ0) is 36.2. The summed E-state index contributed by atoms with van der Waals surface area (Å²) < 4.78 is 0. The Morgan fingerprint density at radius 1 is 0.463 bits per heavy atom. The van der Waals surface area contributed by atoms with E-state index in [2.05, 4.69) is 196 Å². The molecule has 10 rings (SSSR count). The quantitative estimate of drug-likeness (QED) is 0.164. The Morgan fingerprint density at radius 3 is 1.63 bits per heavy atom. The molecule has 7 aromatic carbocycles.